The Kier molecular flexibility index (Phi) is 3.47. The van der Waals surface area contributed by atoms with Crippen molar-refractivity contribution in [2.75, 3.05) is 12.5 Å². The van der Waals surface area contributed by atoms with Gasteiger partial charge in [-0.1, -0.05) is 28.1 Å². The van der Waals surface area contributed by atoms with Gasteiger partial charge in [-0.25, -0.2) is 0 Å². The predicted octanol–water partition coefficient (Wildman–Crippen LogP) is 3.77. The van der Waals surface area contributed by atoms with Crippen LogP contribution in [0.1, 0.15) is 18.1 Å². The van der Waals surface area contributed by atoms with Crippen LogP contribution in [0.3, 0.4) is 0 Å². The minimum absolute atomic E-state index is 0.195. The molecule has 14 heavy (non-hydrogen) atoms. The number of rotatable bonds is 2. The highest BCUT2D eigenvalue weighted by molar-refractivity contribution is 9.10. The van der Waals surface area contributed by atoms with Crippen molar-refractivity contribution in [2.24, 2.45) is 5.92 Å². The van der Waals surface area contributed by atoms with Crippen molar-refractivity contribution in [1.82, 2.24) is 0 Å². The van der Waals surface area contributed by atoms with Crippen LogP contribution in [0, 0.1) is 5.92 Å². The van der Waals surface area contributed by atoms with Crippen molar-refractivity contribution in [3.63, 3.8) is 0 Å². The van der Waals surface area contributed by atoms with Gasteiger partial charge in [-0.15, -0.1) is 11.6 Å². The lowest BCUT2D eigenvalue weighted by atomic mass is 9.97. The monoisotopic (exact) mass is 274 g/mol. The van der Waals surface area contributed by atoms with Crippen molar-refractivity contribution in [2.45, 2.75) is 12.5 Å². The molecule has 1 aromatic rings. The summed E-state index contributed by atoms with van der Waals surface area (Å²) in [6.45, 7) is 0.831. The number of ether oxygens (including phenoxy) is 1. The number of alkyl halides is 1. The van der Waals surface area contributed by atoms with E-state index in [4.69, 9.17) is 16.3 Å². The fraction of sp³-hybridized carbons (Fsp3) is 0.455. The van der Waals surface area contributed by atoms with Crippen molar-refractivity contribution < 1.29 is 4.74 Å². The summed E-state index contributed by atoms with van der Waals surface area (Å²) in [5.41, 5.74) is 1.23. The Morgan fingerprint density at radius 2 is 2.07 bits per heavy atom. The Bertz CT molecular complexity index is 299. The summed E-state index contributed by atoms with van der Waals surface area (Å²) in [5, 5.41) is 0. The number of benzene rings is 1. The Morgan fingerprint density at radius 3 is 2.71 bits per heavy atom. The van der Waals surface area contributed by atoms with Gasteiger partial charge in [0.05, 0.1) is 6.10 Å². The summed E-state index contributed by atoms with van der Waals surface area (Å²) in [5.74, 6) is 1.15. The van der Waals surface area contributed by atoms with E-state index in [2.05, 4.69) is 28.1 Å². The third kappa shape index (κ3) is 2.13. The fourth-order valence-electron chi connectivity index (χ4n) is 1.81. The molecule has 1 aromatic carbocycles. The van der Waals surface area contributed by atoms with Crippen LogP contribution in [-0.2, 0) is 4.74 Å². The van der Waals surface area contributed by atoms with Gasteiger partial charge in [0.15, 0.2) is 0 Å². The molecule has 1 fully saturated rings. The zero-order valence-electron chi connectivity index (χ0n) is 7.75. The molecule has 1 saturated heterocycles. The molecule has 0 spiro atoms. The maximum Gasteiger partial charge on any atom is 0.0865 e. The molecule has 2 rings (SSSR count). The Balaban J connectivity index is 2.17. The zero-order valence-corrected chi connectivity index (χ0v) is 10.1. The molecule has 76 valence electrons. The van der Waals surface area contributed by atoms with E-state index in [-0.39, 0.29) is 6.10 Å². The second-order valence-electron chi connectivity index (χ2n) is 3.55. The Labute approximate surface area is 97.5 Å². The van der Waals surface area contributed by atoms with E-state index in [1.807, 2.05) is 12.1 Å². The summed E-state index contributed by atoms with van der Waals surface area (Å²) >= 11 is 9.31. The first-order chi connectivity index (χ1) is 6.81. The third-order valence-electron chi connectivity index (χ3n) is 2.61. The molecular weight excluding hydrogens is 263 g/mol. The summed E-state index contributed by atoms with van der Waals surface area (Å²) in [6.07, 6.45) is 1.27. The normalized spacial score (nSPS) is 26.7. The topological polar surface area (TPSA) is 9.23 Å². The Morgan fingerprint density at radius 1 is 1.36 bits per heavy atom. The van der Waals surface area contributed by atoms with Crippen molar-refractivity contribution in [1.29, 1.82) is 0 Å². The molecule has 2 atom stereocenters. The van der Waals surface area contributed by atoms with Gasteiger partial charge in [-0.2, -0.15) is 0 Å². The molecule has 0 radical (unpaired) electrons. The molecule has 3 heteroatoms. The molecule has 0 saturated carbocycles. The highest BCUT2D eigenvalue weighted by Crippen LogP contribution is 2.35. The van der Waals surface area contributed by atoms with E-state index < -0.39 is 0 Å². The number of hydrogen-bond donors (Lipinski definition) is 0. The zero-order chi connectivity index (χ0) is 9.97. The van der Waals surface area contributed by atoms with Gasteiger partial charge in [0.2, 0.25) is 0 Å². The standard InChI is InChI=1S/C11H12BrClO/c12-10-3-1-8(2-4-10)11-9(7-13)5-6-14-11/h1-4,9,11H,5-7H2. The van der Waals surface area contributed by atoms with Crippen LogP contribution in [0.15, 0.2) is 28.7 Å². The average Bonchev–Trinajstić information content (AvgIpc) is 2.67. The fourth-order valence-corrected chi connectivity index (χ4v) is 2.39. The summed E-state index contributed by atoms with van der Waals surface area (Å²) in [7, 11) is 0. The van der Waals surface area contributed by atoms with Crippen LogP contribution in [0.25, 0.3) is 0 Å². The van der Waals surface area contributed by atoms with E-state index in [0.717, 1.165) is 17.5 Å². The quantitative estimate of drug-likeness (QED) is 0.747. The Hall–Kier alpha value is -0.0500. The molecule has 1 nitrogen and oxygen atoms in total. The molecule has 0 amide bonds. The van der Waals surface area contributed by atoms with Gasteiger partial charge < -0.3 is 4.74 Å². The van der Waals surface area contributed by atoms with E-state index in [9.17, 15) is 0 Å². The highest BCUT2D eigenvalue weighted by Gasteiger charge is 2.28. The lowest BCUT2D eigenvalue weighted by Crippen LogP contribution is -2.08. The minimum Gasteiger partial charge on any atom is -0.373 e. The van der Waals surface area contributed by atoms with E-state index in [1.54, 1.807) is 0 Å². The largest absolute Gasteiger partial charge is 0.373 e. The van der Waals surface area contributed by atoms with Crippen LogP contribution in [0.4, 0.5) is 0 Å². The number of hydrogen-bond acceptors (Lipinski definition) is 1. The lowest BCUT2D eigenvalue weighted by molar-refractivity contribution is 0.0951. The van der Waals surface area contributed by atoms with Crippen molar-refractivity contribution in [3.8, 4) is 0 Å². The first-order valence-electron chi connectivity index (χ1n) is 4.74. The average molecular weight is 276 g/mol. The minimum atomic E-state index is 0.195. The molecule has 0 aliphatic carbocycles. The van der Waals surface area contributed by atoms with E-state index >= 15 is 0 Å². The summed E-state index contributed by atoms with van der Waals surface area (Å²) < 4.78 is 6.78. The van der Waals surface area contributed by atoms with Gasteiger partial charge >= 0.3 is 0 Å². The molecule has 0 aromatic heterocycles. The summed E-state index contributed by atoms with van der Waals surface area (Å²) in [6, 6.07) is 8.28. The van der Waals surface area contributed by atoms with E-state index in [1.165, 1.54) is 5.56 Å². The first kappa shape index (κ1) is 10.5. The third-order valence-corrected chi connectivity index (χ3v) is 3.54. The smallest absolute Gasteiger partial charge is 0.0865 e. The van der Waals surface area contributed by atoms with Crippen LogP contribution in [0.2, 0.25) is 0 Å². The number of halogens is 2. The van der Waals surface area contributed by atoms with Gasteiger partial charge in [0, 0.05) is 22.9 Å². The van der Waals surface area contributed by atoms with Gasteiger partial charge in [0.25, 0.3) is 0 Å². The van der Waals surface area contributed by atoms with Crippen LogP contribution >= 0.6 is 27.5 Å². The molecule has 1 aliphatic heterocycles. The highest BCUT2D eigenvalue weighted by atomic mass is 79.9. The first-order valence-corrected chi connectivity index (χ1v) is 6.07. The molecule has 1 heterocycles. The molecular formula is C11H12BrClO. The maximum absolute atomic E-state index is 5.89. The molecule has 2 unspecified atom stereocenters. The van der Waals surface area contributed by atoms with Crippen LogP contribution in [-0.4, -0.2) is 12.5 Å². The van der Waals surface area contributed by atoms with Crippen molar-refractivity contribution >= 4 is 27.5 Å². The summed E-state index contributed by atoms with van der Waals surface area (Å²) in [4.78, 5) is 0. The van der Waals surface area contributed by atoms with Crippen LogP contribution in [0.5, 0.6) is 0 Å². The molecule has 1 aliphatic rings. The lowest BCUT2D eigenvalue weighted by Gasteiger charge is -2.16. The second-order valence-corrected chi connectivity index (χ2v) is 4.77. The predicted molar refractivity (Wildman–Crippen MR) is 61.7 cm³/mol. The van der Waals surface area contributed by atoms with Crippen molar-refractivity contribution in [3.05, 3.63) is 34.3 Å². The van der Waals surface area contributed by atoms with Gasteiger partial charge in [-0.3, -0.25) is 0 Å². The van der Waals surface area contributed by atoms with E-state index in [0.29, 0.717) is 11.8 Å². The van der Waals surface area contributed by atoms with Gasteiger partial charge in [0.1, 0.15) is 0 Å². The molecule has 0 bridgehead atoms. The van der Waals surface area contributed by atoms with Crippen LogP contribution < -0.4 is 0 Å². The second kappa shape index (κ2) is 4.65. The maximum atomic E-state index is 5.89. The SMILES string of the molecule is ClCC1CCOC1c1ccc(Br)cc1. The molecule has 0 N–H and O–H groups in total. The van der Waals surface area contributed by atoms with Gasteiger partial charge in [-0.05, 0) is 24.1 Å².